The first-order valence-corrected chi connectivity index (χ1v) is 14.2. The number of amidine groups is 1. The molecule has 3 aromatic carbocycles. The number of carbonyl (C=O) groups excluding carboxylic acids is 3. The van der Waals surface area contributed by atoms with Gasteiger partial charge in [0, 0.05) is 12.2 Å². The molecule has 4 rings (SSSR count). The smallest absolute Gasteiger partial charge is 0.410 e. The lowest BCUT2D eigenvalue weighted by atomic mass is 9.99. The van der Waals surface area contributed by atoms with E-state index >= 15 is 0 Å². The lowest BCUT2D eigenvalue weighted by Gasteiger charge is -2.22. The largest absolute Gasteiger partial charge is 0.573 e. The van der Waals surface area contributed by atoms with Crippen molar-refractivity contribution in [2.75, 3.05) is 22.5 Å². The van der Waals surface area contributed by atoms with Crippen LogP contribution in [-0.4, -0.2) is 41.9 Å². The van der Waals surface area contributed by atoms with E-state index in [0.717, 1.165) is 34.5 Å². The number of anilines is 2. The predicted octanol–water partition coefficient (Wildman–Crippen LogP) is 7.02. The average Bonchev–Trinajstić information content (AvgIpc) is 3.29. The van der Waals surface area contributed by atoms with Gasteiger partial charge < -0.3 is 14.8 Å². The number of ether oxygens (including phenoxy) is 2. The van der Waals surface area contributed by atoms with E-state index in [1.54, 1.807) is 24.3 Å². The van der Waals surface area contributed by atoms with Gasteiger partial charge in [-0.3, -0.25) is 15.0 Å². The van der Waals surface area contributed by atoms with Gasteiger partial charge in [0.2, 0.25) is 5.91 Å². The van der Waals surface area contributed by atoms with Gasteiger partial charge in [-0.1, -0.05) is 49.9 Å². The summed E-state index contributed by atoms with van der Waals surface area (Å²) in [7, 11) is 0. The van der Waals surface area contributed by atoms with Gasteiger partial charge >= 0.3 is 18.5 Å². The Kier molecular flexibility index (Phi) is 9.96. The lowest BCUT2D eigenvalue weighted by molar-refractivity contribution is -0.274. The van der Waals surface area contributed by atoms with E-state index in [1.165, 1.54) is 28.8 Å². The van der Waals surface area contributed by atoms with Crippen molar-refractivity contribution in [3.63, 3.8) is 0 Å². The van der Waals surface area contributed by atoms with Crippen molar-refractivity contribution >= 4 is 46.3 Å². The molecule has 0 spiro atoms. The summed E-state index contributed by atoms with van der Waals surface area (Å²) >= 11 is 1.22. The molecule has 0 atom stereocenters. The highest BCUT2D eigenvalue weighted by molar-refractivity contribution is 8.15. The third-order valence-electron chi connectivity index (χ3n) is 6.17. The average molecular weight is 615 g/mol. The molecule has 3 aromatic rings. The maximum Gasteiger partial charge on any atom is 0.573 e. The Morgan fingerprint density at radius 1 is 1.02 bits per heavy atom. The lowest BCUT2D eigenvalue weighted by Crippen LogP contribution is -2.32. The van der Waals surface area contributed by atoms with Crippen LogP contribution in [-0.2, 0) is 11.2 Å². The van der Waals surface area contributed by atoms with Crippen LogP contribution in [0.3, 0.4) is 0 Å². The first-order valence-electron chi connectivity index (χ1n) is 13.2. The highest BCUT2D eigenvalue weighted by Crippen LogP contribution is 2.34. The summed E-state index contributed by atoms with van der Waals surface area (Å²) in [6, 6.07) is 16.6. The molecule has 0 bridgehead atoms. The Hall–Kier alpha value is -4.52. The van der Waals surface area contributed by atoms with Gasteiger partial charge in [-0.15, -0.1) is 13.2 Å². The number of thioether (sulfide) groups is 1. The molecule has 0 aromatic heterocycles. The molecule has 1 aliphatic rings. The van der Waals surface area contributed by atoms with E-state index in [2.05, 4.69) is 20.4 Å². The summed E-state index contributed by atoms with van der Waals surface area (Å²) in [6.07, 6.45) is -5.16. The number of aliphatic imine (C=N–C) groups is 1. The molecule has 2 N–H and O–H groups in total. The second-order valence-electron chi connectivity index (χ2n) is 9.84. The molecule has 9 nitrogen and oxygen atoms in total. The van der Waals surface area contributed by atoms with Crippen LogP contribution in [0, 0.1) is 6.92 Å². The van der Waals surface area contributed by atoms with Gasteiger partial charge in [-0.05, 0) is 78.4 Å². The van der Waals surface area contributed by atoms with Gasteiger partial charge in [-0.25, -0.2) is 9.59 Å². The normalized spacial score (nSPS) is 14.3. The monoisotopic (exact) mass is 614 g/mol. The number of nitrogens with one attached hydrogen (secondary N) is 2. The topological polar surface area (TPSA) is 109 Å². The minimum atomic E-state index is -4.82. The van der Waals surface area contributed by atoms with Crippen LogP contribution in [0.25, 0.3) is 0 Å². The maximum atomic E-state index is 12.7. The van der Waals surface area contributed by atoms with Gasteiger partial charge in [0.15, 0.2) is 5.17 Å². The van der Waals surface area contributed by atoms with Crippen LogP contribution in [0.5, 0.6) is 11.5 Å². The SMILES string of the molecule is Cc1ccc(C(C)C)c(N2C(=O)CSC2=NC(=O)NCCc2ccc(NC(=O)Oc3ccc(OC(F)(F)F)cc3)cc2)c1. The van der Waals surface area contributed by atoms with Crippen LogP contribution in [0.1, 0.15) is 36.5 Å². The predicted molar refractivity (Wildman–Crippen MR) is 159 cm³/mol. The molecule has 43 heavy (non-hydrogen) atoms. The fraction of sp³-hybridized carbons (Fsp3) is 0.267. The number of hydrogen-bond donors (Lipinski definition) is 2. The molecule has 4 amide bonds. The first kappa shape index (κ1) is 31.4. The molecule has 0 saturated carbocycles. The molecule has 1 aliphatic heterocycles. The molecule has 1 heterocycles. The molecule has 0 unspecified atom stereocenters. The zero-order valence-corrected chi connectivity index (χ0v) is 24.3. The van der Waals surface area contributed by atoms with Crippen molar-refractivity contribution in [1.82, 2.24) is 5.32 Å². The minimum absolute atomic E-state index is 0.0331. The molecule has 13 heteroatoms. The fourth-order valence-electron chi connectivity index (χ4n) is 4.17. The van der Waals surface area contributed by atoms with E-state index in [1.807, 2.05) is 39.0 Å². The second kappa shape index (κ2) is 13.6. The number of amides is 4. The van der Waals surface area contributed by atoms with E-state index in [0.29, 0.717) is 23.8 Å². The van der Waals surface area contributed by atoms with Crippen LogP contribution in [0.15, 0.2) is 71.7 Å². The Morgan fingerprint density at radius 3 is 2.35 bits per heavy atom. The standard InChI is InChI=1S/C30H29F3N4O5S/c1-18(2)24-13-4-19(3)16-25(24)37-26(38)17-43-28(37)36-27(39)34-15-14-20-5-7-21(8-6-20)35-29(40)41-22-9-11-23(12-10-22)42-30(31,32)33/h4-13,16,18H,14-15,17H2,1-3H3,(H,34,39)(H,35,40). The van der Waals surface area contributed by atoms with Crippen molar-refractivity contribution < 1.29 is 37.0 Å². The molecular weight excluding hydrogens is 585 g/mol. The molecule has 0 radical (unpaired) electrons. The molecule has 1 fully saturated rings. The third-order valence-corrected chi connectivity index (χ3v) is 7.09. The number of hydrogen-bond acceptors (Lipinski definition) is 6. The zero-order chi connectivity index (χ0) is 31.1. The van der Waals surface area contributed by atoms with Gasteiger partial charge in [0.1, 0.15) is 11.5 Å². The number of carbonyl (C=O) groups is 3. The van der Waals surface area contributed by atoms with Gasteiger partial charge in [-0.2, -0.15) is 4.99 Å². The number of halogens is 3. The molecule has 1 saturated heterocycles. The van der Waals surface area contributed by atoms with Gasteiger partial charge in [0.05, 0.1) is 11.4 Å². The van der Waals surface area contributed by atoms with Crippen molar-refractivity contribution in [2.24, 2.45) is 4.99 Å². The number of aryl methyl sites for hydroxylation is 1. The molecular formula is C30H29F3N4O5S. The van der Waals surface area contributed by atoms with Gasteiger partial charge in [0.25, 0.3) is 0 Å². The summed E-state index contributed by atoms with van der Waals surface area (Å²) in [6.45, 7) is 6.33. The summed E-state index contributed by atoms with van der Waals surface area (Å²) in [5, 5.41) is 5.61. The Bertz CT molecular complexity index is 1510. The summed E-state index contributed by atoms with van der Waals surface area (Å²) < 4.78 is 45.7. The van der Waals surface area contributed by atoms with Crippen molar-refractivity contribution in [2.45, 2.75) is 39.5 Å². The van der Waals surface area contributed by atoms with Crippen LogP contribution < -0.4 is 25.0 Å². The van der Waals surface area contributed by atoms with E-state index in [-0.39, 0.29) is 23.3 Å². The second-order valence-corrected chi connectivity index (χ2v) is 10.8. The Morgan fingerprint density at radius 2 is 1.70 bits per heavy atom. The number of benzene rings is 3. The zero-order valence-electron chi connectivity index (χ0n) is 23.5. The van der Waals surface area contributed by atoms with E-state index in [9.17, 15) is 27.6 Å². The maximum absolute atomic E-state index is 12.7. The van der Waals surface area contributed by atoms with Crippen LogP contribution >= 0.6 is 11.8 Å². The third kappa shape index (κ3) is 8.98. The Labute approximate surface area is 250 Å². The molecule has 226 valence electrons. The van der Waals surface area contributed by atoms with Crippen molar-refractivity contribution in [1.29, 1.82) is 0 Å². The number of rotatable bonds is 8. The number of nitrogens with zero attached hydrogens (tertiary/aromatic N) is 2. The highest BCUT2D eigenvalue weighted by atomic mass is 32.2. The first-order chi connectivity index (χ1) is 20.4. The number of urea groups is 1. The van der Waals surface area contributed by atoms with Crippen molar-refractivity contribution in [3.8, 4) is 11.5 Å². The van der Waals surface area contributed by atoms with Crippen molar-refractivity contribution in [3.05, 3.63) is 83.4 Å². The van der Waals surface area contributed by atoms with E-state index in [4.69, 9.17) is 4.74 Å². The summed E-state index contributed by atoms with van der Waals surface area (Å²) in [5.41, 5.74) is 4.04. The quantitative estimate of drug-likeness (QED) is 0.282. The Balaban J connectivity index is 1.27. The summed E-state index contributed by atoms with van der Waals surface area (Å²) in [5.74, 6) is -0.148. The highest BCUT2D eigenvalue weighted by Gasteiger charge is 2.33. The molecule has 0 aliphatic carbocycles. The van der Waals surface area contributed by atoms with Crippen LogP contribution in [0.2, 0.25) is 0 Å². The minimum Gasteiger partial charge on any atom is -0.410 e. The fourth-order valence-corrected chi connectivity index (χ4v) is 5.03. The summed E-state index contributed by atoms with van der Waals surface area (Å²) in [4.78, 5) is 43.1. The van der Waals surface area contributed by atoms with E-state index < -0.39 is 24.2 Å². The van der Waals surface area contributed by atoms with Crippen LogP contribution in [0.4, 0.5) is 34.1 Å². The number of alkyl halides is 3.